The lowest BCUT2D eigenvalue weighted by molar-refractivity contribution is -0.983. The molecule has 3 aliphatic rings. The van der Waals surface area contributed by atoms with E-state index in [4.69, 9.17) is 4.74 Å². The fourth-order valence-electron chi connectivity index (χ4n) is 7.61. The fourth-order valence-corrected chi connectivity index (χ4v) is 7.61. The highest BCUT2D eigenvalue weighted by Crippen LogP contribution is 2.48. The van der Waals surface area contributed by atoms with Crippen LogP contribution in [0.5, 0.6) is 5.75 Å². The van der Waals surface area contributed by atoms with E-state index < -0.39 is 41.2 Å². The molecule has 0 saturated carbocycles. The van der Waals surface area contributed by atoms with Gasteiger partial charge in [0.1, 0.15) is 24.4 Å². The smallest absolute Gasteiger partial charge is 0.416 e. The molecule has 6 nitrogen and oxygen atoms in total. The number of carbonyl (C=O) groups is 1. The maximum absolute atomic E-state index is 13.8. The molecule has 3 saturated heterocycles. The van der Waals surface area contributed by atoms with Crippen molar-refractivity contribution in [3.05, 3.63) is 114 Å². The van der Waals surface area contributed by atoms with E-state index in [1.807, 2.05) is 30.3 Å². The zero-order valence-electron chi connectivity index (χ0n) is 26.1. The second kappa shape index (κ2) is 12.8. The standard InChI is InChI=1S/C36H34F6N4O2/c1-3-23-21-46(20-22-7-5-4-6-8-22)14-12-24(23)15-32(46)33(29-11-13-43-31-10-9-28(48-2)19-30(29)31)45-34(47)44-27-17-25(35(37,38)39)16-26(18-27)36(40,41)42/h3-11,13,16-19,23-24,32-33H,1,12,14-15,20-21H2,2H3,(H-,44,45,47)/p+1/t23?,24?,32?,33-,46?/m1/s1. The Morgan fingerprint density at radius 3 is 2.38 bits per heavy atom. The summed E-state index contributed by atoms with van der Waals surface area (Å²) in [4.78, 5) is 18.3. The first-order chi connectivity index (χ1) is 22.8. The van der Waals surface area contributed by atoms with Gasteiger partial charge >= 0.3 is 18.4 Å². The molecule has 0 aliphatic carbocycles. The molecule has 4 heterocycles. The van der Waals surface area contributed by atoms with Gasteiger partial charge in [0.05, 0.1) is 36.8 Å². The van der Waals surface area contributed by atoms with E-state index in [0.29, 0.717) is 51.8 Å². The van der Waals surface area contributed by atoms with Gasteiger partial charge < -0.3 is 19.9 Å². The topological polar surface area (TPSA) is 63.2 Å². The number of amides is 2. The number of methoxy groups -OCH3 is 1. The third kappa shape index (κ3) is 6.71. The minimum atomic E-state index is -5.06. The van der Waals surface area contributed by atoms with E-state index in [9.17, 15) is 31.1 Å². The minimum absolute atomic E-state index is 0.0297. The number of anilines is 1. The highest BCUT2D eigenvalue weighted by Gasteiger charge is 2.54. The van der Waals surface area contributed by atoms with Gasteiger partial charge in [-0.25, -0.2) is 4.79 Å². The van der Waals surface area contributed by atoms with Crippen LogP contribution in [0.15, 0.2) is 91.6 Å². The zero-order chi connectivity index (χ0) is 34.3. The first kappa shape index (κ1) is 33.3. The van der Waals surface area contributed by atoms with Gasteiger partial charge in [-0.05, 0) is 53.9 Å². The Labute approximate surface area is 274 Å². The predicted octanol–water partition coefficient (Wildman–Crippen LogP) is 8.76. The molecular weight excluding hydrogens is 634 g/mol. The molecule has 0 spiro atoms. The van der Waals surface area contributed by atoms with E-state index in [1.54, 1.807) is 24.4 Å². The van der Waals surface area contributed by atoms with Crippen molar-refractivity contribution in [3.63, 3.8) is 0 Å². The van der Waals surface area contributed by atoms with Crippen molar-refractivity contribution in [2.75, 3.05) is 25.5 Å². The van der Waals surface area contributed by atoms with Crippen molar-refractivity contribution in [2.45, 2.75) is 43.8 Å². The Morgan fingerprint density at radius 1 is 1.02 bits per heavy atom. The van der Waals surface area contributed by atoms with Crippen molar-refractivity contribution in [2.24, 2.45) is 11.8 Å². The summed E-state index contributed by atoms with van der Waals surface area (Å²) in [6.45, 7) is 6.35. The zero-order valence-corrected chi connectivity index (χ0v) is 26.1. The summed E-state index contributed by atoms with van der Waals surface area (Å²) < 4.78 is 87.7. The van der Waals surface area contributed by atoms with Crippen LogP contribution in [0.1, 0.15) is 41.1 Å². The summed E-state index contributed by atoms with van der Waals surface area (Å²) in [6, 6.07) is 16.4. The SMILES string of the molecule is C=CC1C[N+]2(Cc3ccccc3)CCC1CC2[C@H](NC(=O)Nc1cc(C(F)(F)F)cc(C(F)(F)F)c1)c1ccnc2ccc(OC)cc12. The first-order valence-electron chi connectivity index (χ1n) is 15.6. The highest BCUT2D eigenvalue weighted by molar-refractivity contribution is 5.91. The molecule has 4 aromatic rings. The predicted molar refractivity (Wildman–Crippen MR) is 170 cm³/mol. The molecular formula is C36H35F6N4O2+. The number of benzene rings is 3. The largest absolute Gasteiger partial charge is 0.497 e. The van der Waals surface area contributed by atoms with E-state index in [-0.39, 0.29) is 23.9 Å². The summed E-state index contributed by atoms with van der Waals surface area (Å²) >= 11 is 0. The van der Waals surface area contributed by atoms with Gasteiger partial charge in [0.15, 0.2) is 0 Å². The molecule has 2 bridgehead atoms. The number of aromatic nitrogens is 1. The van der Waals surface area contributed by atoms with Gasteiger partial charge in [0, 0.05) is 41.6 Å². The third-order valence-electron chi connectivity index (χ3n) is 9.85. The van der Waals surface area contributed by atoms with E-state index in [1.165, 1.54) is 7.11 Å². The quantitative estimate of drug-likeness (QED) is 0.112. The Kier molecular flexibility index (Phi) is 8.88. The number of nitrogens with one attached hydrogen (secondary N) is 2. The van der Waals surface area contributed by atoms with Gasteiger partial charge in [-0.2, -0.15) is 26.3 Å². The molecule has 252 valence electrons. The molecule has 3 aromatic carbocycles. The van der Waals surface area contributed by atoms with Gasteiger partial charge in [0.2, 0.25) is 0 Å². The average molecular weight is 670 g/mol. The van der Waals surface area contributed by atoms with Gasteiger partial charge in [-0.1, -0.05) is 36.4 Å². The number of ether oxygens (including phenoxy) is 1. The number of alkyl halides is 6. The Balaban J connectivity index is 1.44. The minimum Gasteiger partial charge on any atom is -0.497 e. The lowest BCUT2D eigenvalue weighted by Gasteiger charge is -2.58. The Morgan fingerprint density at radius 2 is 1.73 bits per heavy atom. The summed E-state index contributed by atoms with van der Waals surface area (Å²) in [7, 11) is 1.53. The van der Waals surface area contributed by atoms with Crippen LogP contribution in [0.2, 0.25) is 0 Å². The van der Waals surface area contributed by atoms with Crippen molar-refractivity contribution in [1.29, 1.82) is 0 Å². The number of rotatable bonds is 8. The van der Waals surface area contributed by atoms with Gasteiger partial charge in [0.25, 0.3) is 0 Å². The molecule has 48 heavy (non-hydrogen) atoms. The number of fused-ring (bicyclic) bond motifs is 4. The second-order valence-corrected chi connectivity index (χ2v) is 12.7. The number of urea groups is 1. The van der Waals surface area contributed by atoms with Gasteiger partial charge in [-0.3, -0.25) is 4.98 Å². The Hall–Kier alpha value is -4.58. The molecule has 2 N–H and O–H groups in total. The molecule has 1 aromatic heterocycles. The monoisotopic (exact) mass is 669 g/mol. The van der Waals surface area contributed by atoms with Crippen LogP contribution >= 0.6 is 0 Å². The number of carbonyl (C=O) groups excluding carboxylic acids is 1. The highest BCUT2D eigenvalue weighted by atomic mass is 19.4. The number of piperidine rings is 3. The van der Waals surface area contributed by atoms with Crippen molar-refractivity contribution < 1.29 is 40.4 Å². The van der Waals surface area contributed by atoms with Crippen molar-refractivity contribution in [3.8, 4) is 5.75 Å². The van der Waals surface area contributed by atoms with Crippen LogP contribution in [0.3, 0.4) is 0 Å². The first-order valence-corrected chi connectivity index (χ1v) is 15.6. The lowest BCUT2D eigenvalue weighted by atomic mass is 9.70. The number of hydrogen-bond acceptors (Lipinski definition) is 3. The Bertz CT molecular complexity index is 1780. The summed E-state index contributed by atoms with van der Waals surface area (Å²) in [5.74, 6) is 1.10. The summed E-state index contributed by atoms with van der Waals surface area (Å²) in [5, 5.41) is 6.00. The third-order valence-corrected chi connectivity index (χ3v) is 9.85. The number of quaternary nitrogens is 1. The van der Waals surface area contributed by atoms with E-state index in [0.717, 1.165) is 25.1 Å². The number of nitrogens with zero attached hydrogens (tertiary/aromatic N) is 2. The maximum atomic E-state index is 13.8. The molecule has 3 aliphatic heterocycles. The van der Waals surface area contributed by atoms with Gasteiger partial charge in [-0.15, -0.1) is 6.58 Å². The van der Waals surface area contributed by atoms with Crippen LogP contribution < -0.4 is 15.4 Å². The van der Waals surface area contributed by atoms with Crippen LogP contribution in [0, 0.1) is 11.8 Å². The normalized spacial score (nSPS) is 23.0. The number of pyridine rings is 1. The van der Waals surface area contributed by atoms with Crippen LogP contribution in [0.4, 0.5) is 36.8 Å². The molecule has 12 heteroatoms. The molecule has 4 unspecified atom stereocenters. The van der Waals surface area contributed by atoms with E-state index in [2.05, 4.69) is 34.3 Å². The van der Waals surface area contributed by atoms with Crippen molar-refractivity contribution in [1.82, 2.24) is 10.3 Å². The number of halogens is 6. The summed E-state index contributed by atoms with van der Waals surface area (Å²) in [6.07, 6.45) is -4.83. The molecule has 7 rings (SSSR count). The lowest BCUT2D eigenvalue weighted by Crippen LogP contribution is -2.69. The fraction of sp³-hybridized carbons (Fsp3) is 0.333. The van der Waals surface area contributed by atoms with Crippen molar-refractivity contribution >= 4 is 22.6 Å². The molecule has 2 amide bonds. The molecule has 3 fully saturated rings. The average Bonchev–Trinajstić information content (AvgIpc) is 3.06. The van der Waals surface area contributed by atoms with Crippen LogP contribution in [0.25, 0.3) is 10.9 Å². The second-order valence-electron chi connectivity index (χ2n) is 12.7. The molecule has 5 atom stereocenters. The van der Waals surface area contributed by atoms with E-state index >= 15 is 0 Å². The maximum Gasteiger partial charge on any atom is 0.416 e. The van der Waals surface area contributed by atoms with Crippen LogP contribution in [-0.2, 0) is 18.9 Å². The summed E-state index contributed by atoms with van der Waals surface area (Å²) in [5.41, 5.74) is -1.20. The number of hydrogen-bond donors (Lipinski definition) is 2. The molecule has 0 radical (unpaired) electrons. The van der Waals surface area contributed by atoms with Crippen LogP contribution in [-0.4, -0.2) is 41.7 Å².